The largest absolute Gasteiger partial charge is 0.743 e. The molecule has 0 saturated carbocycles. The van der Waals surface area contributed by atoms with Gasteiger partial charge >= 0.3 is 17.5 Å². The Morgan fingerprint density at radius 1 is 1.00 bits per heavy atom. The molecule has 0 rings (SSSR count). The molecule has 104 valence electrons. The normalized spacial score (nSPS) is 17.0. The fourth-order valence-electron chi connectivity index (χ4n) is 0.379. The van der Waals surface area contributed by atoms with Gasteiger partial charge in [-0.1, -0.05) is 0 Å². The van der Waals surface area contributed by atoms with Crippen LogP contribution in [0.3, 0.4) is 0 Å². The van der Waals surface area contributed by atoms with E-state index in [1.807, 2.05) is 4.74 Å². The molecule has 1 atom stereocenters. The Kier molecular flexibility index (Phi) is 4.03. The van der Waals surface area contributed by atoms with E-state index in [0.717, 1.165) is 0 Å². The molecule has 1 unspecified atom stereocenters. The van der Waals surface area contributed by atoms with Crippen molar-refractivity contribution in [3.63, 3.8) is 0 Å². The third-order valence-electron chi connectivity index (χ3n) is 1.18. The topological polar surface area (TPSA) is 66.4 Å². The summed E-state index contributed by atoms with van der Waals surface area (Å²) in [5.41, 5.74) is 0. The predicted octanol–water partition coefficient (Wildman–Crippen LogP) is 1.59. The molecule has 13 heteroatoms. The molecular weight excluding hydrogens is 296 g/mol. The van der Waals surface area contributed by atoms with E-state index in [9.17, 15) is 48.1 Å². The third-order valence-corrected chi connectivity index (χ3v) is 2.03. The Morgan fingerprint density at radius 3 is 1.59 bits per heavy atom. The first-order valence-corrected chi connectivity index (χ1v) is 4.63. The van der Waals surface area contributed by atoms with Crippen LogP contribution in [0.4, 0.5) is 35.1 Å². The number of alkyl halides is 8. The third kappa shape index (κ3) is 3.38. The average Bonchev–Trinajstić information content (AvgIpc) is 1.98. The van der Waals surface area contributed by atoms with Crippen molar-refractivity contribution in [2.75, 3.05) is 0 Å². The molecule has 0 spiro atoms. The van der Waals surface area contributed by atoms with Crippen LogP contribution in [-0.4, -0.2) is 36.9 Å². The van der Waals surface area contributed by atoms with Crippen molar-refractivity contribution in [3.05, 3.63) is 0 Å². The molecule has 17 heavy (non-hydrogen) atoms. The molecule has 0 saturated heterocycles. The minimum atomic E-state index is -6.80. The van der Waals surface area contributed by atoms with Gasteiger partial charge < -0.3 is 4.55 Å². The van der Waals surface area contributed by atoms with Crippen LogP contribution in [0.15, 0.2) is 0 Å². The van der Waals surface area contributed by atoms with E-state index in [0.29, 0.717) is 0 Å². The molecule has 0 aromatic heterocycles. The van der Waals surface area contributed by atoms with Crippen molar-refractivity contribution < 1.29 is 52.8 Å². The average molecular weight is 297 g/mol. The van der Waals surface area contributed by atoms with Crippen LogP contribution in [0.25, 0.3) is 0 Å². The highest BCUT2D eigenvalue weighted by Gasteiger charge is 2.64. The first kappa shape index (κ1) is 16.3. The zero-order valence-electron chi connectivity index (χ0n) is 7.14. The van der Waals surface area contributed by atoms with Crippen molar-refractivity contribution >= 4 is 10.1 Å². The molecule has 0 aliphatic heterocycles. The molecule has 0 fully saturated rings. The highest BCUT2D eigenvalue weighted by Crippen LogP contribution is 2.40. The van der Waals surface area contributed by atoms with Crippen LogP contribution in [0, 0.1) is 0 Å². The van der Waals surface area contributed by atoms with Crippen LogP contribution in [0.1, 0.15) is 0 Å². The molecular formula is C4HF8O4S-. The first-order valence-electron chi connectivity index (χ1n) is 3.22. The van der Waals surface area contributed by atoms with Gasteiger partial charge in [0.05, 0.1) is 0 Å². The molecule has 0 aliphatic carbocycles. The summed E-state index contributed by atoms with van der Waals surface area (Å²) in [5.74, 6) is 0. The molecule has 0 amide bonds. The van der Waals surface area contributed by atoms with E-state index in [4.69, 9.17) is 0 Å². The molecule has 0 N–H and O–H groups in total. The lowest BCUT2D eigenvalue weighted by Gasteiger charge is -2.27. The van der Waals surface area contributed by atoms with Crippen molar-refractivity contribution in [2.24, 2.45) is 0 Å². The Balaban J connectivity index is 5.08. The summed E-state index contributed by atoms with van der Waals surface area (Å²) in [6, 6.07) is 0. The summed E-state index contributed by atoms with van der Waals surface area (Å²) in [6.07, 6.45) is -17.9. The summed E-state index contributed by atoms with van der Waals surface area (Å²) in [5, 5.41) is -6.08. The summed E-state index contributed by atoms with van der Waals surface area (Å²) in [7, 11) is -6.80. The lowest BCUT2D eigenvalue weighted by Crippen LogP contribution is -2.48. The zero-order valence-corrected chi connectivity index (χ0v) is 7.96. The Morgan fingerprint density at radius 2 is 1.35 bits per heavy atom. The number of hydrogen-bond donors (Lipinski definition) is 0. The van der Waals surface area contributed by atoms with Gasteiger partial charge in [0.1, 0.15) is 0 Å². The van der Waals surface area contributed by atoms with Crippen LogP contribution in [0.5, 0.6) is 0 Å². The van der Waals surface area contributed by atoms with Gasteiger partial charge in [-0.15, -0.1) is 0 Å². The van der Waals surface area contributed by atoms with E-state index in [-0.39, 0.29) is 0 Å². The van der Waals surface area contributed by atoms with E-state index < -0.39 is 34.0 Å². The number of hydrogen-bond acceptors (Lipinski definition) is 4. The van der Waals surface area contributed by atoms with Crippen molar-refractivity contribution in [3.8, 4) is 0 Å². The second-order valence-corrected chi connectivity index (χ2v) is 3.92. The summed E-state index contributed by atoms with van der Waals surface area (Å²) < 4.78 is 125. The molecule has 0 radical (unpaired) electrons. The van der Waals surface area contributed by atoms with Crippen LogP contribution >= 0.6 is 0 Å². The van der Waals surface area contributed by atoms with E-state index in [1.54, 1.807) is 0 Å². The predicted molar refractivity (Wildman–Crippen MR) is 31.6 cm³/mol. The standard InChI is InChI=1S/C4H2F8O4S/c5-1(2(6,7)17(13,14)15)16-4(11,12)3(8,9)10/h1H,(H,13,14,15)/p-1. The van der Waals surface area contributed by atoms with Gasteiger partial charge in [0.15, 0.2) is 10.1 Å². The van der Waals surface area contributed by atoms with Gasteiger partial charge in [-0.3, -0.25) is 4.74 Å². The Hall–Kier alpha value is -0.690. The maximum atomic E-state index is 12.2. The molecule has 0 bridgehead atoms. The van der Waals surface area contributed by atoms with E-state index in [2.05, 4.69) is 0 Å². The number of halogens is 8. The highest BCUT2D eigenvalue weighted by atomic mass is 32.2. The fraction of sp³-hybridized carbons (Fsp3) is 1.00. The number of rotatable bonds is 4. The minimum Gasteiger partial charge on any atom is -0.743 e. The van der Waals surface area contributed by atoms with Crippen molar-refractivity contribution in [1.29, 1.82) is 0 Å². The molecule has 0 aliphatic rings. The van der Waals surface area contributed by atoms with Crippen LogP contribution < -0.4 is 0 Å². The summed E-state index contributed by atoms with van der Waals surface area (Å²) in [6.45, 7) is 0. The van der Waals surface area contributed by atoms with Gasteiger partial charge in [-0.05, 0) is 0 Å². The first-order chi connectivity index (χ1) is 7.13. The fourth-order valence-corrected chi connectivity index (χ4v) is 0.654. The summed E-state index contributed by atoms with van der Waals surface area (Å²) >= 11 is 0. The van der Waals surface area contributed by atoms with Gasteiger partial charge in [-0.25, -0.2) is 12.8 Å². The molecule has 0 aromatic rings. The Labute approximate surface area is 87.9 Å². The number of ether oxygens (including phenoxy) is 1. The van der Waals surface area contributed by atoms with Crippen LogP contribution in [0.2, 0.25) is 0 Å². The highest BCUT2D eigenvalue weighted by molar-refractivity contribution is 7.86. The molecule has 0 heterocycles. The van der Waals surface area contributed by atoms with E-state index in [1.165, 1.54) is 0 Å². The van der Waals surface area contributed by atoms with E-state index >= 15 is 0 Å². The minimum absolute atomic E-state index is 1.94. The monoisotopic (exact) mass is 297 g/mol. The maximum Gasteiger partial charge on any atom is 0.483 e. The smallest absolute Gasteiger partial charge is 0.483 e. The summed E-state index contributed by atoms with van der Waals surface area (Å²) in [4.78, 5) is 0. The van der Waals surface area contributed by atoms with Crippen molar-refractivity contribution in [1.82, 2.24) is 0 Å². The second-order valence-electron chi connectivity index (χ2n) is 2.46. The van der Waals surface area contributed by atoms with Crippen molar-refractivity contribution in [2.45, 2.75) is 23.9 Å². The van der Waals surface area contributed by atoms with Gasteiger partial charge in [0, 0.05) is 0 Å². The molecule has 0 aromatic carbocycles. The van der Waals surface area contributed by atoms with Gasteiger partial charge in [0.25, 0.3) is 6.36 Å². The maximum absolute atomic E-state index is 12.2. The molecule has 4 nitrogen and oxygen atoms in total. The van der Waals surface area contributed by atoms with Gasteiger partial charge in [0.2, 0.25) is 0 Å². The zero-order chi connectivity index (χ0) is 14.3. The SMILES string of the molecule is O=S(=O)([O-])C(F)(F)C(F)OC(F)(F)C(F)(F)F. The van der Waals surface area contributed by atoms with Gasteiger partial charge in [-0.2, -0.15) is 30.7 Å². The lowest BCUT2D eigenvalue weighted by atomic mass is 10.6. The Bertz CT molecular complexity index is 371. The lowest BCUT2D eigenvalue weighted by molar-refractivity contribution is -0.423. The van der Waals surface area contributed by atoms with Crippen LogP contribution in [-0.2, 0) is 14.9 Å². The second kappa shape index (κ2) is 4.20. The quantitative estimate of drug-likeness (QED) is 0.584.